The number of benzene rings is 1. The van der Waals surface area contributed by atoms with Gasteiger partial charge in [0.15, 0.2) is 0 Å². The molecule has 6 nitrogen and oxygen atoms in total. The third kappa shape index (κ3) is 3.07. The number of nitriles is 1. The highest BCUT2D eigenvalue weighted by Gasteiger charge is 2.43. The average molecular weight is 378 g/mol. The van der Waals surface area contributed by atoms with Crippen LogP contribution >= 0.6 is 11.6 Å². The van der Waals surface area contributed by atoms with Crippen LogP contribution in [0.4, 0.5) is 11.5 Å². The van der Waals surface area contributed by atoms with Crippen molar-refractivity contribution in [1.82, 2.24) is 9.97 Å². The second kappa shape index (κ2) is 6.53. The maximum Gasteiger partial charge on any atom is 0.230 e. The van der Waals surface area contributed by atoms with E-state index in [1.54, 1.807) is 24.7 Å². The van der Waals surface area contributed by atoms with Crippen LogP contribution in [0, 0.1) is 30.1 Å². The molecule has 1 amide bonds. The number of pyridine rings is 2. The lowest BCUT2D eigenvalue weighted by Crippen LogP contribution is -2.15. The van der Waals surface area contributed by atoms with Crippen LogP contribution in [0.5, 0.6) is 0 Å². The number of fused-ring (bicyclic) bond motifs is 1. The molecule has 0 bridgehead atoms. The molecule has 1 saturated carbocycles. The highest BCUT2D eigenvalue weighted by molar-refractivity contribution is 6.37. The van der Waals surface area contributed by atoms with Gasteiger partial charge in [0.2, 0.25) is 5.91 Å². The van der Waals surface area contributed by atoms with E-state index in [-0.39, 0.29) is 17.7 Å². The quantitative estimate of drug-likeness (QED) is 0.672. The summed E-state index contributed by atoms with van der Waals surface area (Å²) < 4.78 is 0. The lowest BCUT2D eigenvalue weighted by molar-refractivity contribution is -0.117. The normalized spacial score (nSPS) is 18.1. The van der Waals surface area contributed by atoms with Gasteiger partial charge in [-0.25, -0.2) is 4.98 Å². The molecular formula is C20H16ClN5O. The number of nitrogens with one attached hydrogen (secondary N) is 1. The average Bonchev–Trinajstić information content (AvgIpc) is 3.45. The Morgan fingerprint density at radius 1 is 1.37 bits per heavy atom. The van der Waals surface area contributed by atoms with Gasteiger partial charge in [-0.15, -0.1) is 0 Å². The highest BCUT2D eigenvalue weighted by atomic mass is 35.5. The van der Waals surface area contributed by atoms with Gasteiger partial charge in [-0.3, -0.25) is 9.78 Å². The maximum atomic E-state index is 12.2. The Morgan fingerprint density at radius 2 is 2.19 bits per heavy atom. The minimum atomic E-state index is -0.253. The molecule has 0 spiro atoms. The first kappa shape index (κ1) is 17.3. The number of nitrogens with two attached hydrogens (primary N) is 1. The molecule has 27 heavy (non-hydrogen) atoms. The lowest BCUT2D eigenvalue weighted by atomic mass is 9.99. The number of aromatic nitrogens is 2. The number of nitrogen functional groups attached to an aromatic ring is 1. The summed E-state index contributed by atoms with van der Waals surface area (Å²) in [6.07, 6.45) is 5.67. The number of hydrogen-bond donors (Lipinski definition) is 2. The van der Waals surface area contributed by atoms with E-state index in [0.29, 0.717) is 28.3 Å². The number of nitrogens with zero attached hydrogens (tertiary/aromatic N) is 3. The number of carbonyl (C=O) groups excluding carboxylic acids is 1. The summed E-state index contributed by atoms with van der Waals surface area (Å²) in [7, 11) is 0. The van der Waals surface area contributed by atoms with E-state index >= 15 is 0 Å². The van der Waals surface area contributed by atoms with Crippen LogP contribution in [0.15, 0.2) is 36.8 Å². The molecule has 1 fully saturated rings. The number of aryl methyl sites for hydroxylation is 1. The van der Waals surface area contributed by atoms with Gasteiger partial charge >= 0.3 is 0 Å². The van der Waals surface area contributed by atoms with E-state index in [2.05, 4.69) is 21.4 Å². The molecule has 3 N–H and O–H groups in total. The third-order valence-corrected chi connectivity index (χ3v) is 5.28. The molecule has 7 heteroatoms. The van der Waals surface area contributed by atoms with E-state index < -0.39 is 0 Å². The number of hydrogen-bond acceptors (Lipinski definition) is 5. The molecule has 0 aliphatic heterocycles. The van der Waals surface area contributed by atoms with Gasteiger partial charge in [0.25, 0.3) is 0 Å². The van der Waals surface area contributed by atoms with E-state index in [0.717, 1.165) is 22.1 Å². The summed E-state index contributed by atoms with van der Waals surface area (Å²) in [5.74, 6) is -0.207. The van der Waals surface area contributed by atoms with E-state index in [9.17, 15) is 4.79 Å². The molecule has 4 rings (SSSR count). The number of anilines is 2. The van der Waals surface area contributed by atoms with Crippen molar-refractivity contribution < 1.29 is 4.79 Å². The summed E-state index contributed by atoms with van der Waals surface area (Å²) in [5, 5.41) is 13.6. The molecular weight excluding hydrogens is 362 g/mol. The zero-order valence-corrected chi connectivity index (χ0v) is 15.3. The molecule has 0 unspecified atom stereocenters. The molecule has 1 aliphatic carbocycles. The van der Waals surface area contributed by atoms with Crippen molar-refractivity contribution in [2.24, 2.45) is 11.8 Å². The van der Waals surface area contributed by atoms with Gasteiger partial charge in [-0.1, -0.05) is 11.6 Å². The van der Waals surface area contributed by atoms with Crippen LogP contribution < -0.4 is 11.1 Å². The Bertz CT molecular complexity index is 1120. The minimum absolute atomic E-state index is 0.182. The fraction of sp³-hybridized carbons (Fsp3) is 0.200. The van der Waals surface area contributed by atoms with Crippen molar-refractivity contribution in [2.75, 3.05) is 11.1 Å². The molecule has 2 atom stereocenters. The Hall–Kier alpha value is -3.17. The van der Waals surface area contributed by atoms with Crippen LogP contribution in [0.25, 0.3) is 21.9 Å². The molecule has 0 radical (unpaired) electrons. The molecule has 3 aromatic rings. The smallest absolute Gasteiger partial charge is 0.230 e. The van der Waals surface area contributed by atoms with Crippen LogP contribution in [-0.2, 0) is 4.79 Å². The molecule has 0 saturated heterocycles. The van der Waals surface area contributed by atoms with Crippen molar-refractivity contribution in [3.63, 3.8) is 0 Å². The van der Waals surface area contributed by atoms with Gasteiger partial charge in [-0.05, 0) is 42.5 Å². The first-order chi connectivity index (χ1) is 13.0. The predicted octanol–water partition coefficient (Wildman–Crippen LogP) is 3.94. The van der Waals surface area contributed by atoms with Crippen molar-refractivity contribution in [2.45, 2.75) is 13.3 Å². The highest BCUT2D eigenvalue weighted by Crippen LogP contribution is 2.40. The Balaban J connectivity index is 1.75. The molecule has 1 aromatic carbocycles. The zero-order valence-electron chi connectivity index (χ0n) is 14.5. The summed E-state index contributed by atoms with van der Waals surface area (Å²) in [5.41, 5.74) is 9.38. The monoisotopic (exact) mass is 377 g/mol. The second-order valence-corrected chi connectivity index (χ2v) is 7.08. The van der Waals surface area contributed by atoms with Crippen LogP contribution in [-0.4, -0.2) is 15.9 Å². The second-order valence-electron chi connectivity index (χ2n) is 6.70. The summed E-state index contributed by atoms with van der Waals surface area (Å²) in [6.45, 7) is 1.98. The van der Waals surface area contributed by atoms with Gasteiger partial charge in [0.05, 0.1) is 28.6 Å². The Labute approximate surface area is 161 Å². The van der Waals surface area contributed by atoms with Crippen LogP contribution in [0.3, 0.4) is 0 Å². The molecule has 134 valence electrons. The van der Waals surface area contributed by atoms with E-state index in [1.165, 1.54) is 0 Å². The van der Waals surface area contributed by atoms with Crippen molar-refractivity contribution in [3.05, 3.63) is 47.4 Å². The maximum absolute atomic E-state index is 12.2. The Kier molecular flexibility index (Phi) is 4.17. The van der Waals surface area contributed by atoms with Crippen molar-refractivity contribution in [1.29, 1.82) is 5.26 Å². The minimum Gasteiger partial charge on any atom is -0.397 e. The number of halogens is 1. The number of amides is 1. The van der Waals surface area contributed by atoms with Crippen LogP contribution in [0.1, 0.15) is 12.0 Å². The Morgan fingerprint density at radius 3 is 2.89 bits per heavy atom. The topological polar surface area (TPSA) is 105 Å². The summed E-state index contributed by atoms with van der Waals surface area (Å²) in [6, 6.07) is 7.70. The standard InChI is InChI=1S/C20H16ClN5O/c1-10-2-3-24-8-15(10)14-4-11-6-17(25-9-16(11)19(23)18(14)21)26-20(27)13-5-12(13)7-22/h2-4,6,8-9,12-13H,5,23H2,1H3,(H,25,26,27)/t12-,13+/m0/s1. The molecule has 2 aromatic heterocycles. The number of carbonyl (C=O) groups is 1. The van der Waals surface area contributed by atoms with Crippen molar-refractivity contribution in [3.8, 4) is 17.2 Å². The van der Waals surface area contributed by atoms with Gasteiger partial charge in [-0.2, -0.15) is 5.26 Å². The first-order valence-corrected chi connectivity index (χ1v) is 8.86. The van der Waals surface area contributed by atoms with Crippen LogP contribution in [0.2, 0.25) is 5.02 Å². The summed E-state index contributed by atoms with van der Waals surface area (Å²) in [4.78, 5) is 20.6. The SMILES string of the molecule is Cc1ccncc1-c1cc2cc(NC(=O)[C@@H]3C[C@H]3C#N)ncc2c(N)c1Cl. The largest absolute Gasteiger partial charge is 0.397 e. The van der Waals surface area contributed by atoms with E-state index in [4.69, 9.17) is 22.6 Å². The van der Waals surface area contributed by atoms with Gasteiger partial charge < -0.3 is 11.1 Å². The molecule has 1 aliphatic rings. The van der Waals surface area contributed by atoms with E-state index in [1.807, 2.05) is 19.1 Å². The van der Waals surface area contributed by atoms with Gasteiger partial charge in [0, 0.05) is 35.1 Å². The fourth-order valence-electron chi connectivity index (χ4n) is 3.15. The lowest BCUT2D eigenvalue weighted by Gasteiger charge is -2.13. The first-order valence-electron chi connectivity index (χ1n) is 8.48. The third-order valence-electron chi connectivity index (χ3n) is 4.87. The summed E-state index contributed by atoms with van der Waals surface area (Å²) >= 11 is 6.50. The van der Waals surface area contributed by atoms with Gasteiger partial charge in [0.1, 0.15) is 5.82 Å². The number of rotatable bonds is 3. The predicted molar refractivity (Wildman–Crippen MR) is 105 cm³/mol. The molecule has 2 heterocycles. The zero-order chi connectivity index (χ0) is 19.1. The van der Waals surface area contributed by atoms with Crippen molar-refractivity contribution >= 4 is 39.8 Å². The fourth-order valence-corrected chi connectivity index (χ4v) is 3.41.